The van der Waals surface area contributed by atoms with E-state index in [1.807, 2.05) is 24.5 Å². The zero-order chi connectivity index (χ0) is 21.3. The molecule has 1 atom stereocenters. The molecule has 0 aliphatic carbocycles. The Morgan fingerprint density at radius 1 is 1.20 bits per heavy atom. The van der Waals surface area contributed by atoms with Gasteiger partial charge in [-0.15, -0.1) is 11.3 Å². The first-order valence-electron chi connectivity index (χ1n) is 10.6. The molecule has 0 saturated carbocycles. The third kappa shape index (κ3) is 6.29. The van der Waals surface area contributed by atoms with Crippen LogP contribution >= 0.6 is 11.3 Å². The molecule has 30 heavy (non-hydrogen) atoms. The third-order valence-corrected chi connectivity index (χ3v) is 6.41. The molecule has 3 rings (SSSR count). The summed E-state index contributed by atoms with van der Waals surface area (Å²) in [7, 11) is 5.22. The lowest BCUT2D eigenvalue weighted by Gasteiger charge is -2.35. The molecule has 1 aromatic carbocycles. The second kappa shape index (κ2) is 11.1. The van der Waals surface area contributed by atoms with Crippen molar-refractivity contribution in [1.29, 1.82) is 0 Å². The Kier molecular flexibility index (Phi) is 8.25. The average molecular weight is 431 g/mol. The Balaban J connectivity index is 1.46. The fourth-order valence-electron chi connectivity index (χ4n) is 3.76. The van der Waals surface area contributed by atoms with Crippen molar-refractivity contribution in [3.63, 3.8) is 0 Å². The summed E-state index contributed by atoms with van der Waals surface area (Å²) >= 11 is 1.83. The summed E-state index contributed by atoms with van der Waals surface area (Å²) in [6.07, 6.45) is 3.22. The van der Waals surface area contributed by atoms with Crippen LogP contribution in [0.5, 0.6) is 11.5 Å². The van der Waals surface area contributed by atoms with Gasteiger partial charge in [0.25, 0.3) is 0 Å². The van der Waals surface area contributed by atoms with Crippen LogP contribution in [0, 0.1) is 5.92 Å². The highest BCUT2D eigenvalue weighted by molar-refractivity contribution is 7.09. The molecule has 0 bridgehead atoms. The van der Waals surface area contributed by atoms with Crippen LogP contribution in [-0.2, 0) is 6.42 Å². The number of nitrogens with one attached hydrogen (secondary N) is 2. The summed E-state index contributed by atoms with van der Waals surface area (Å²) in [5.74, 6) is 3.11. The lowest BCUT2D eigenvalue weighted by Crippen LogP contribution is -2.49. The van der Waals surface area contributed by atoms with Gasteiger partial charge in [-0.2, -0.15) is 0 Å². The third-order valence-electron chi connectivity index (χ3n) is 5.51. The fraction of sp³-hybridized carbons (Fsp3) is 0.522. The molecule has 2 aromatic rings. The molecule has 2 N–H and O–H groups in total. The van der Waals surface area contributed by atoms with Gasteiger partial charge in [0.15, 0.2) is 5.96 Å². The van der Waals surface area contributed by atoms with E-state index >= 15 is 0 Å². The van der Waals surface area contributed by atoms with Crippen LogP contribution < -0.4 is 25.0 Å². The number of ether oxygens (including phenoxy) is 2. The number of methoxy groups -OCH3 is 2. The van der Waals surface area contributed by atoms with E-state index < -0.39 is 0 Å². The smallest absolute Gasteiger partial charge is 0.191 e. The van der Waals surface area contributed by atoms with Crippen LogP contribution in [-0.4, -0.2) is 52.9 Å². The van der Waals surface area contributed by atoms with Crippen molar-refractivity contribution in [1.82, 2.24) is 10.6 Å². The van der Waals surface area contributed by atoms with Crippen LogP contribution in [0.2, 0.25) is 0 Å². The van der Waals surface area contributed by atoms with Gasteiger partial charge < -0.3 is 25.0 Å². The number of hydrogen-bond acceptors (Lipinski definition) is 5. The number of benzene rings is 1. The summed E-state index contributed by atoms with van der Waals surface area (Å²) in [4.78, 5) is 8.25. The zero-order valence-corrected chi connectivity index (χ0v) is 19.3. The number of guanidine groups is 1. The standard InChI is InChI=1S/C23H34N4O2S/c1-17(12-22-6-5-11-30-22)16-25-23(24-2)26-18-7-9-27(10-8-18)19-13-20(28-3)15-21(14-19)29-4/h5-6,11,13-15,17-18H,7-10,12,16H2,1-4H3,(H2,24,25,26). The van der Waals surface area contributed by atoms with Crippen LogP contribution in [0.25, 0.3) is 0 Å². The Bertz CT molecular complexity index is 779. The van der Waals surface area contributed by atoms with E-state index in [-0.39, 0.29) is 0 Å². The number of thiophene rings is 1. The largest absolute Gasteiger partial charge is 0.497 e. The van der Waals surface area contributed by atoms with Crippen molar-refractivity contribution in [3.8, 4) is 11.5 Å². The number of rotatable bonds is 8. The van der Waals surface area contributed by atoms with E-state index in [1.165, 1.54) is 4.88 Å². The van der Waals surface area contributed by atoms with Gasteiger partial charge in [0, 0.05) is 61.5 Å². The maximum absolute atomic E-state index is 5.41. The highest BCUT2D eigenvalue weighted by atomic mass is 32.1. The van der Waals surface area contributed by atoms with Crippen molar-refractivity contribution in [2.24, 2.45) is 10.9 Å². The molecule has 0 radical (unpaired) electrons. The number of nitrogens with zero attached hydrogens (tertiary/aromatic N) is 2. The Morgan fingerprint density at radius 3 is 2.47 bits per heavy atom. The molecule has 6 nitrogen and oxygen atoms in total. The van der Waals surface area contributed by atoms with Crippen molar-refractivity contribution in [3.05, 3.63) is 40.6 Å². The summed E-state index contributed by atoms with van der Waals surface area (Å²) in [5.41, 5.74) is 1.15. The first-order chi connectivity index (χ1) is 14.6. The van der Waals surface area contributed by atoms with E-state index in [0.717, 1.165) is 62.0 Å². The number of aliphatic imine (C=N–C) groups is 1. The summed E-state index contributed by atoms with van der Waals surface area (Å²) < 4.78 is 10.8. The number of hydrogen-bond donors (Lipinski definition) is 2. The van der Waals surface area contributed by atoms with E-state index in [2.05, 4.69) is 57.1 Å². The molecule has 164 valence electrons. The molecule has 1 saturated heterocycles. The first kappa shape index (κ1) is 22.3. The van der Waals surface area contributed by atoms with Crippen LogP contribution in [0.1, 0.15) is 24.6 Å². The molecule has 0 amide bonds. The predicted octanol–water partition coefficient (Wildman–Crippen LogP) is 3.78. The molecule has 0 spiro atoms. The van der Waals surface area contributed by atoms with Crippen molar-refractivity contribution in [2.45, 2.75) is 32.2 Å². The number of piperidine rings is 1. The van der Waals surface area contributed by atoms with Gasteiger partial charge in [0.2, 0.25) is 0 Å². The van der Waals surface area contributed by atoms with Gasteiger partial charge in [0.05, 0.1) is 14.2 Å². The summed E-state index contributed by atoms with van der Waals surface area (Å²) in [6.45, 7) is 5.17. The molecule has 2 heterocycles. The van der Waals surface area contributed by atoms with Crippen LogP contribution in [0.4, 0.5) is 5.69 Å². The van der Waals surface area contributed by atoms with Gasteiger partial charge >= 0.3 is 0 Å². The minimum atomic E-state index is 0.424. The van der Waals surface area contributed by atoms with E-state index in [1.54, 1.807) is 14.2 Å². The molecule has 1 unspecified atom stereocenters. The lowest BCUT2D eigenvalue weighted by molar-refractivity contribution is 0.393. The van der Waals surface area contributed by atoms with E-state index in [4.69, 9.17) is 9.47 Å². The number of anilines is 1. The van der Waals surface area contributed by atoms with Gasteiger partial charge in [-0.25, -0.2) is 0 Å². The second-order valence-corrected chi connectivity index (χ2v) is 8.85. The molecule has 1 aromatic heterocycles. The quantitative estimate of drug-likeness (QED) is 0.493. The Labute approximate surface area is 184 Å². The second-order valence-electron chi connectivity index (χ2n) is 7.82. The van der Waals surface area contributed by atoms with E-state index in [9.17, 15) is 0 Å². The van der Waals surface area contributed by atoms with Gasteiger partial charge in [0.1, 0.15) is 11.5 Å². The minimum Gasteiger partial charge on any atom is -0.497 e. The van der Waals surface area contributed by atoms with Crippen molar-refractivity contribution >= 4 is 23.0 Å². The highest BCUT2D eigenvalue weighted by Gasteiger charge is 2.21. The zero-order valence-electron chi connectivity index (χ0n) is 18.5. The maximum Gasteiger partial charge on any atom is 0.191 e. The van der Waals surface area contributed by atoms with Crippen LogP contribution in [0.15, 0.2) is 40.7 Å². The predicted molar refractivity (Wildman–Crippen MR) is 126 cm³/mol. The Hall–Kier alpha value is -2.41. The molecular weight excluding hydrogens is 396 g/mol. The first-order valence-corrected chi connectivity index (χ1v) is 11.5. The molecule has 1 aliphatic heterocycles. The minimum absolute atomic E-state index is 0.424. The SMILES string of the molecule is CN=C(NCC(C)Cc1cccs1)NC1CCN(c2cc(OC)cc(OC)c2)CC1. The topological polar surface area (TPSA) is 58.1 Å². The van der Waals surface area contributed by atoms with Crippen LogP contribution in [0.3, 0.4) is 0 Å². The monoisotopic (exact) mass is 430 g/mol. The molecular formula is C23H34N4O2S. The summed E-state index contributed by atoms with van der Waals surface area (Å²) in [6, 6.07) is 10.8. The molecule has 1 fully saturated rings. The lowest BCUT2D eigenvalue weighted by atomic mass is 10.0. The summed E-state index contributed by atoms with van der Waals surface area (Å²) in [5, 5.41) is 9.24. The average Bonchev–Trinajstić information content (AvgIpc) is 3.29. The maximum atomic E-state index is 5.41. The Morgan fingerprint density at radius 2 is 1.90 bits per heavy atom. The highest BCUT2D eigenvalue weighted by Crippen LogP contribution is 2.30. The van der Waals surface area contributed by atoms with Gasteiger partial charge in [-0.05, 0) is 36.6 Å². The molecule has 1 aliphatic rings. The van der Waals surface area contributed by atoms with Gasteiger partial charge in [-0.1, -0.05) is 13.0 Å². The molecule has 7 heteroatoms. The van der Waals surface area contributed by atoms with Crippen molar-refractivity contribution in [2.75, 3.05) is 45.8 Å². The van der Waals surface area contributed by atoms with E-state index in [0.29, 0.717) is 12.0 Å². The normalized spacial score (nSPS) is 16.3. The fourth-order valence-corrected chi connectivity index (χ4v) is 4.63. The van der Waals surface area contributed by atoms with Crippen molar-refractivity contribution < 1.29 is 9.47 Å². The van der Waals surface area contributed by atoms with Gasteiger partial charge in [-0.3, -0.25) is 4.99 Å².